The van der Waals surface area contributed by atoms with Crippen molar-refractivity contribution in [2.75, 3.05) is 5.32 Å². The smallest absolute Gasteiger partial charge is 0.247 e. The van der Waals surface area contributed by atoms with E-state index in [0.29, 0.717) is 18.5 Å². The largest absolute Gasteiger partial charge is 0.324 e. The number of carbonyl (C=O) groups excluding carboxylic acids is 3. The molecule has 1 aromatic carbocycles. The second-order valence-electron chi connectivity index (χ2n) is 7.79. The first-order valence-corrected chi connectivity index (χ1v) is 11.2. The molecular formula is C20H23N3O5S. The summed E-state index contributed by atoms with van der Waals surface area (Å²) in [7, 11) is -3.56. The first kappa shape index (κ1) is 19.8. The molecule has 3 atom stereocenters. The highest BCUT2D eigenvalue weighted by atomic mass is 32.2. The van der Waals surface area contributed by atoms with Gasteiger partial charge in [-0.1, -0.05) is 12.2 Å². The third kappa shape index (κ3) is 3.84. The average Bonchev–Trinajstić information content (AvgIpc) is 3.47. The normalized spacial score (nSPS) is 25.1. The molecule has 2 N–H and O–H groups in total. The summed E-state index contributed by atoms with van der Waals surface area (Å²) in [6, 6.07) is 4.87. The number of rotatable bonds is 6. The molecule has 3 aliphatic rings. The van der Waals surface area contributed by atoms with E-state index in [1.807, 2.05) is 12.2 Å². The molecule has 2 aliphatic carbocycles. The number of carbonyl (C=O) groups is 3. The Labute approximate surface area is 169 Å². The summed E-state index contributed by atoms with van der Waals surface area (Å²) in [4.78, 5) is 39.0. The lowest BCUT2D eigenvalue weighted by Crippen LogP contribution is -2.46. The Morgan fingerprint density at radius 2 is 1.59 bits per heavy atom. The molecule has 9 heteroatoms. The molecule has 0 bridgehead atoms. The fraction of sp³-hybridized carbons (Fsp3) is 0.450. The summed E-state index contributed by atoms with van der Waals surface area (Å²) in [5, 5.41) is 2.66. The maximum atomic E-state index is 12.6. The minimum Gasteiger partial charge on any atom is -0.324 e. The number of allylic oxidation sites excluding steroid dienone is 2. The summed E-state index contributed by atoms with van der Waals surface area (Å²) in [6.07, 6.45) is 6.52. The van der Waals surface area contributed by atoms with Crippen molar-refractivity contribution >= 4 is 33.4 Å². The number of fused-ring (bicyclic) bond motifs is 1. The van der Waals surface area contributed by atoms with Crippen molar-refractivity contribution in [3.63, 3.8) is 0 Å². The second kappa shape index (κ2) is 7.38. The van der Waals surface area contributed by atoms with E-state index >= 15 is 0 Å². The zero-order valence-electron chi connectivity index (χ0n) is 16.0. The number of benzene rings is 1. The van der Waals surface area contributed by atoms with Crippen molar-refractivity contribution in [2.45, 2.75) is 49.6 Å². The lowest BCUT2D eigenvalue weighted by molar-refractivity contribution is -0.146. The van der Waals surface area contributed by atoms with Crippen LogP contribution in [0.1, 0.15) is 32.6 Å². The highest BCUT2D eigenvalue weighted by Gasteiger charge is 2.50. The van der Waals surface area contributed by atoms with E-state index in [0.717, 1.165) is 17.7 Å². The van der Waals surface area contributed by atoms with Gasteiger partial charge in [0.15, 0.2) is 0 Å². The number of sulfonamides is 1. The van der Waals surface area contributed by atoms with E-state index in [-0.39, 0.29) is 34.6 Å². The maximum Gasteiger partial charge on any atom is 0.247 e. The van der Waals surface area contributed by atoms with Crippen LogP contribution in [0.15, 0.2) is 41.3 Å². The zero-order valence-corrected chi connectivity index (χ0v) is 16.8. The van der Waals surface area contributed by atoms with E-state index in [9.17, 15) is 22.8 Å². The van der Waals surface area contributed by atoms with Crippen LogP contribution in [-0.4, -0.2) is 43.1 Å². The molecule has 154 valence electrons. The van der Waals surface area contributed by atoms with Gasteiger partial charge >= 0.3 is 0 Å². The van der Waals surface area contributed by atoms with E-state index < -0.39 is 22.0 Å². The van der Waals surface area contributed by atoms with E-state index in [2.05, 4.69) is 10.0 Å². The number of nitrogens with one attached hydrogen (secondary N) is 2. The van der Waals surface area contributed by atoms with Gasteiger partial charge in [0.05, 0.1) is 16.7 Å². The van der Waals surface area contributed by atoms with Crippen LogP contribution in [-0.2, 0) is 24.4 Å². The standard InChI is InChI=1S/C20H23N3O5S/c1-12(23-19(25)16-4-2-3-5-17(16)20(23)26)18(24)21-13-8-10-15(11-9-13)29(27,28)22-14-6-7-14/h2-3,8-12,14,16-17,22H,4-7H2,1H3,(H,21,24)/t12-,16-,17-/m1/s1. The van der Waals surface area contributed by atoms with Crippen LogP contribution in [0.5, 0.6) is 0 Å². The molecule has 1 saturated heterocycles. The predicted octanol–water partition coefficient (Wildman–Crippen LogP) is 1.41. The molecule has 0 unspecified atom stereocenters. The number of imide groups is 1. The second-order valence-corrected chi connectivity index (χ2v) is 9.50. The zero-order chi connectivity index (χ0) is 20.8. The van der Waals surface area contributed by atoms with E-state index in [1.54, 1.807) is 0 Å². The van der Waals surface area contributed by atoms with Crippen LogP contribution >= 0.6 is 0 Å². The minimum atomic E-state index is -3.56. The van der Waals surface area contributed by atoms with Gasteiger partial charge in [0.1, 0.15) is 6.04 Å². The molecule has 1 aromatic rings. The monoisotopic (exact) mass is 417 g/mol. The third-order valence-electron chi connectivity index (χ3n) is 5.64. The van der Waals surface area contributed by atoms with Crippen molar-refractivity contribution in [1.82, 2.24) is 9.62 Å². The molecule has 2 fully saturated rings. The molecule has 0 spiro atoms. The highest BCUT2D eigenvalue weighted by Crippen LogP contribution is 2.36. The van der Waals surface area contributed by atoms with Gasteiger partial charge in [-0.15, -0.1) is 0 Å². The molecule has 8 nitrogen and oxygen atoms in total. The summed E-state index contributed by atoms with van der Waals surface area (Å²) < 4.78 is 27.0. The third-order valence-corrected chi connectivity index (χ3v) is 7.18. The van der Waals surface area contributed by atoms with E-state index in [4.69, 9.17) is 0 Å². The van der Waals surface area contributed by atoms with Crippen molar-refractivity contribution in [3.8, 4) is 0 Å². The number of hydrogen-bond donors (Lipinski definition) is 2. The SMILES string of the molecule is C[C@H](C(=O)Nc1ccc(S(=O)(=O)NC2CC2)cc1)N1C(=O)[C@@H]2CC=CC[C@H]2C1=O. The number of likely N-dealkylation sites (tertiary alicyclic amines) is 1. The average molecular weight is 417 g/mol. The van der Waals surface area contributed by atoms with Crippen molar-refractivity contribution in [3.05, 3.63) is 36.4 Å². The van der Waals surface area contributed by atoms with E-state index in [1.165, 1.54) is 31.2 Å². The van der Waals surface area contributed by atoms with Gasteiger partial charge in [0.2, 0.25) is 27.7 Å². The molecular weight excluding hydrogens is 394 g/mol. The van der Waals surface area contributed by atoms with Crippen LogP contribution in [0.2, 0.25) is 0 Å². The minimum absolute atomic E-state index is 0.00894. The molecule has 1 aliphatic heterocycles. The van der Waals surface area contributed by atoms with Gasteiger partial charge in [-0.05, 0) is 56.9 Å². The fourth-order valence-electron chi connectivity index (χ4n) is 3.78. The number of anilines is 1. The summed E-state index contributed by atoms with van der Waals surface area (Å²) >= 11 is 0. The van der Waals surface area contributed by atoms with Crippen LogP contribution in [0.3, 0.4) is 0 Å². The van der Waals surface area contributed by atoms with Gasteiger partial charge in [0, 0.05) is 11.7 Å². The first-order valence-electron chi connectivity index (χ1n) is 9.73. The summed E-state index contributed by atoms with van der Waals surface area (Å²) in [5.41, 5.74) is 0.394. The van der Waals surface area contributed by atoms with Crippen LogP contribution in [0.4, 0.5) is 5.69 Å². The quantitative estimate of drug-likeness (QED) is 0.537. The molecule has 0 radical (unpaired) electrons. The Bertz CT molecular complexity index is 956. The van der Waals surface area contributed by atoms with Gasteiger partial charge < -0.3 is 5.32 Å². The van der Waals surface area contributed by atoms with Crippen LogP contribution in [0, 0.1) is 11.8 Å². The predicted molar refractivity (Wildman–Crippen MR) is 105 cm³/mol. The van der Waals surface area contributed by atoms with Crippen molar-refractivity contribution < 1.29 is 22.8 Å². The van der Waals surface area contributed by atoms with Crippen LogP contribution < -0.4 is 10.0 Å². The molecule has 29 heavy (non-hydrogen) atoms. The Balaban J connectivity index is 1.42. The Morgan fingerprint density at radius 1 is 1.03 bits per heavy atom. The lowest BCUT2D eigenvalue weighted by atomic mass is 9.85. The maximum absolute atomic E-state index is 12.6. The Kier molecular flexibility index (Phi) is 5.04. The van der Waals surface area contributed by atoms with Crippen molar-refractivity contribution in [2.24, 2.45) is 11.8 Å². The molecule has 0 aromatic heterocycles. The number of hydrogen-bond acceptors (Lipinski definition) is 5. The van der Waals surface area contributed by atoms with Gasteiger partial charge in [-0.2, -0.15) is 0 Å². The molecule has 1 saturated carbocycles. The fourth-order valence-corrected chi connectivity index (χ4v) is 5.08. The first-order chi connectivity index (χ1) is 13.8. The topological polar surface area (TPSA) is 113 Å². The summed E-state index contributed by atoms with van der Waals surface area (Å²) in [5.74, 6) is -1.87. The number of amides is 3. The van der Waals surface area contributed by atoms with Crippen LogP contribution in [0.25, 0.3) is 0 Å². The Morgan fingerprint density at radius 3 is 2.10 bits per heavy atom. The molecule has 4 rings (SSSR count). The van der Waals surface area contributed by atoms with Crippen molar-refractivity contribution in [1.29, 1.82) is 0 Å². The molecule has 1 heterocycles. The summed E-state index contributed by atoms with van der Waals surface area (Å²) in [6.45, 7) is 1.52. The molecule has 3 amide bonds. The number of nitrogens with zero attached hydrogens (tertiary/aromatic N) is 1. The van der Waals surface area contributed by atoms with Gasteiger partial charge in [-0.25, -0.2) is 13.1 Å². The van der Waals surface area contributed by atoms with Gasteiger partial charge in [-0.3, -0.25) is 19.3 Å². The van der Waals surface area contributed by atoms with Gasteiger partial charge in [0.25, 0.3) is 0 Å². The lowest BCUT2D eigenvalue weighted by Gasteiger charge is -2.22. The highest BCUT2D eigenvalue weighted by molar-refractivity contribution is 7.89. The Hall–Kier alpha value is -2.52.